The number of nitrogens with zero attached hydrogens (tertiary/aromatic N) is 1. The van der Waals surface area contributed by atoms with E-state index in [4.69, 9.17) is 4.74 Å². The van der Waals surface area contributed by atoms with E-state index < -0.39 is 0 Å². The van der Waals surface area contributed by atoms with Gasteiger partial charge in [-0.1, -0.05) is 48.0 Å². The Labute approximate surface area is 118 Å². The molecule has 2 aromatic carbocycles. The quantitative estimate of drug-likeness (QED) is 0.669. The fourth-order valence-corrected chi connectivity index (χ4v) is 1.53. The van der Waals surface area contributed by atoms with Gasteiger partial charge in [-0.2, -0.15) is 5.10 Å². The summed E-state index contributed by atoms with van der Waals surface area (Å²) < 4.78 is 5.30. The van der Waals surface area contributed by atoms with Crippen LogP contribution >= 0.6 is 0 Å². The van der Waals surface area contributed by atoms with Gasteiger partial charge in [-0.25, -0.2) is 5.43 Å². The van der Waals surface area contributed by atoms with E-state index >= 15 is 0 Å². The van der Waals surface area contributed by atoms with E-state index in [9.17, 15) is 4.79 Å². The summed E-state index contributed by atoms with van der Waals surface area (Å²) in [6.07, 6.45) is 1.60. The summed E-state index contributed by atoms with van der Waals surface area (Å²) in [6.45, 7) is 1.96. The third-order valence-corrected chi connectivity index (χ3v) is 2.59. The molecule has 0 aliphatic rings. The van der Waals surface area contributed by atoms with Crippen LogP contribution in [0.3, 0.4) is 0 Å². The highest BCUT2D eigenvalue weighted by Crippen LogP contribution is 2.07. The number of ether oxygens (including phenoxy) is 1. The minimum absolute atomic E-state index is 0.0603. The maximum Gasteiger partial charge on any atom is 0.277 e. The van der Waals surface area contributed by atoms with E-state index in [0.29, 0.717) is 5.75 Å². The lowest BCUT2D eigenvalue weighted by Gasteiger charge is -2.04. The fourth-order valence-electron chi connectivity index (χ4n) is 1.53. The lowest BCUT2D eigenvalue weighted by molar-refractivity contribution is -0.123. The molecule has 1 amide bonds. The van der Waals surface area contributed by atoms with Crippen LogP contribution < -0.4 is 10.2 Å². The number of para-hydroxylation sites is 1. The lowest BCUT2D eigenvalue weighted by Crippen LogP contribution is -2.24. The third kappa shape index (κ3) is 4.57. The summed E-state index contributed by atoms with van der Waals surface area (Å²) in [5, 5.41) is 3.88. The maximum atomic E-state index is 11.5. The van der Waals surface area contributed by atoms with Gasteiger partial charge in [0.2, 0.25) is 0 Å². The van der Waals surface area contributed by atoms with Crippen molar-refractivity contribution in [1.29, 1.82) is 0 Å². The molecule has 4 nitrogen and oxygen atoms in total. The first-order chi connectivity index (χ1) is 9.74. The van der Waals surface area contributed by atoms with Crippen molar-refractivity contribution in [2.24, 2.45) is 5.10 Å². The van der Waals surface area contributed by atoms with Gasteiger partial charge in [-0.3, -0.25) is 4.79 Å². The Morgan fingerprint density at radius 3 is 2.55 bits per heavy atom. The largest absolute Gasteiger partial charge is 0.484 e. The zero-order valence-electron chi connectivity index (χ0n) is 11.2. The van der Waals surface area contributed by atoms with Crippen molar-refractivity contribution >= 4 is 12.1 Å². The van der Waals surface area contributed by atoms with Crippen molar-refractivity contribution < 1.29 is 9.53 Å². The first-order valence-electron chi connectivity index (χ1n) is 6.30. The zero-order valence-corrected chi connectivity index (χ0v) is 11.2. The molecule has 0 aromatic heterocycles. The van der Waals surface area contributed by atoms with Crippen LogP contribution in [0.15, 0.2) is 59.7 Å². The van der Waals surface area contributed by atoms with Crippen molar-refractivity contribution in [1.82, 2.24) is 5.43 Å². The molecule has 2 rings (SSSR count). The molecule has 0 saturated heterocycles. The molecule has 0 bridgehead atoms. The molecule has 0 aliphatic heterocycles. The predicted molar refractivity (Wildman–Crippen MR) is 78.9 cm³/mol. The molecule has 4 heteroatoms. The Hall–Kier alpha value is -2.62. The summed E-state index contributed by atoms with van der Waals surface area (Å²) in [7, 11) is 0. The van der Waals surface area contributed by atoms with E-state index in [1.807, 2.05) is 49.4 Å². The number of amides is 1. The standard InChI is InChI=1S/C16H16N2O2/c1-13-7-9-14(10-8-13)11-17-18-16(19)12-20-15-5-3-2-4-6-15/h2-11H,12H2,1H3,(H,18,19)/b17-11-. The highest BCUT2D eigenvalue weighted by Gasteiger charge is 2.00. The molecule has 20 heavy (non-hydrogen) atoms. The average molecular weight is 268 g/mol. The number of carbonyl (C=O) groups excluding carboxylic acids is 1. The highest BCUT2D eigenvalue weighted by molar-refractivity contribution is 5.82. The molecule has 102 valence electrons. The molecular weight excluding hydrogens is 252 g/mol. The summed E-state index contributed by atoms with van der Waals surface area (Å²) in [5.74, 6) is 0.363. The topological polar surface area (TPSA) is 50.7 Å². The van der Waals surface area contributed by atoms with E-state index in [1.54, 1.807) is 18.3 Å². The molecule has 0 saturated carbocycles. The Bertz CT molecular complexity index is 577. The minimum atomic E-state index is -0.294. The smallest absolute Gasteiger partial charge is 0.277 e. The van der Waals surface area contributed by atoms with Gasteiger partial charge in [0.1, 0.15) is 5.75 Å². The number of benzene rings is 2. The van der Waals surface area contributed by atoms with E-state index in [2.05, 4.69) is 10.5 Å². The van der Waals surface area contributed by atoms with Crippen LogP contribution in [0.1, 0.15) is 11.1 Å². The van der Waals surface area contributed by atoms with Crippen LogP contribution in [0.25, 0.3) is 0 Å². The Balaban J connectivity index is 1.76. The van der Waals surface area contributed by atoms with Gasteiger partial charge in [0.15, 0.2) is 6.61 Å². The van der Waals surface area contributed by atoms with Gasteiger partial charge in [-0.15, -0.1) is 0 Å². The number of hydrogen-bond donors (Lipinski definition) is 1. The van der Waals surface area contributed by atoms with Crippen LogP contribution in [0.2, 0.25) is 0 Å². The highest BCUT2D eigenvalue weighted by atomic mass is 16.5. The number of carbonyl (C=O) groups is 1. The van der Waals surface area contributed by atoms with Gasteiger partial charge < -0.3 is 4.74 Å². The van der Waals surface area contributed by atoms with Gasteiger partial charge in [0.25, 0.3) is 5.91 Å². The van der Waals surface area contributed by atoms with Crippen molar-refractivity contribution in [3.63, 3.8) is 0 Å². The van der Waals surface area contributed by atoms with Crippen molar-refractivity contribution in [3.05, 3.63) is 65.7 Å². The molecular formula is C16H16N2O2. The van der Waals surface area contributed by atoms with Crippen molar-refractivity contribution in [2.75, 3.05) is 6.61 Å². The Morgan fingerprint density at radius 1 is 1.15 bits per heavy atom. The molecule has 0 atom stereocenters. The molecule has 1 N–H and O–H groups in total. The Morgan fingerprint density at radius 2 is 1.85 bits per heavy atom. The van der Waals surface area contributed by atoms with E-state index in [1.165, 1.54) is 5.56 Å². The first-order valence-corrected chi connectivity index (χ1v) is 6.30. The molecule has 0 radical (unpaired) electrons. The van der Waals surface area contributed by atoms with Crippen LogP contribution in [-0.2, 0) is 4.79 Å². The number of hydrogen-bond acceptors (Lipinski definition) is 3. The molecule has 0 spiro atoms. The molecule has 0 aliphatic carbocycles. The SMILES string of the molecule is Cc1ccc(/C=N\NC(=O)COc2ccccc2)cc1. The maximum absolute atomic E-state index is 11.5. The number of hydrazone groups is 1. The second-order valence-electron chi connectivity index (χ2n) is 4.31. The normalized spacial score (nSPS) is 10.4. The molecule has 0 fully saturated rings. The van der Waals surface area contributed by atoms with E-state index in [-0.39, 0.29) is 12.5 Å². The minimum Gasteiger partial charge on any atom is -0.484 e. The van der Waals surface area contributed by atoms with Gasteiger partial charge >= 0.3 is 0 Å². The van der Waals surface area contributed by atoms with Crippen LogP contribution in [0.5, 0.6) is 5.75 Å². The first kappa shape index (κ1) is 13.8. The third-order valence-electron chi connectivity index (χ3n) is 2.59. The van der Waals surface area contributed by atoms with Crippen LogP contribution in [0, 0.1) is 6.92 Å². The summed E-state index contributed by atoms with van der Waals surface area (Å²) in [4.78, 5) is 11.5. The van der Waals surface area contributed by atoms with E-state index in [0.717, 1.165) is 5.56 Å². The predicted octanol–water partition coefficient (Wildman–Crippen LogP) is 2.52. The second kappa shape index (κ2) is 7.09. The summed E-state index contributed by atoms with van der Waals surface area (Å²) in [6, 6.07) is 17.0. The van der Waals surface area contributed by atoms with Crippen LogP contribution in [-0.4, -0.2) is 18.7 Å². The van der Waals surface area contributed by atoms with Gasteiger partial charge in [0.05, 0.1) is 6.21 Å². The number of aryl methyl sites for hydroxylation is 1. The van der Waals surface area contributed by atoms with Gasteiger partial charge in [-0.05, 0) is 24.6 Å². The fraction of sp³-hybridized carbons (Fsp3) is 0.125. The summed E-state index contributed by atoms with van der Waals surface area (Å²) >= 11 is 0. The van der Waals surface area contributed by atoms with Crippen molar-refractivity contribution in [2.45, 2.75) is 6.92 Å². The van der Waals surface area contributed by atoms with Crippen molar-refractivity contribution in [3.8, 4) is 5.75 Å². The van der Waals surface area contributed by atoms with Crippen LogP contribution in [0.4, 0.5) is 0 Å². The monoisotopic (exact) mass is 268 g/mol. The number of rotatable bonds is 5. The molecule has 2 aromatic rings. The Kier molecular flexibility index (Phi) is 4.89. The van der Waals surface area contributed by atoms with Gasteiger partial charge in [0, 0.05) is 0 Å². The zero-order chi connectivity index (χ0) is 14.2. The lowest BCUT2D eigenvalue weighted by atomic mass is 10.2. The number of nitrogens with one attached hydrogen (secondary N) is 1. The second-order valence-corrected chi connectivity index (χ2v) is 4.31. The summed E-state index contributed by atoms with van der Waals surface area (Å²) in [5.41, 5.74) is 4.53. The molecule has 0 heterocycles. The average Bonchev–Trinajstić information content (AvgIpc) is 2.48. The molecule has 0 unspecified atom stereocenters.